The van der Waals surface area contributed by atoms with Crippen LogP contribution in [-0.2, 0) is 16.1 Å². The van der Waals surface area contributed by atoms with E-state index >= 15 is 0 Å². The van der Waals surface area contributed by atoms with Gasteiger partial charge in [-0.25, -0.2) is 0 Å². The van der Waals surface area contributed by atoms with Crippen molar-refractivity contribution in [1.82, 2.24) is 15.5 Å². The average Bonchev–Trinajstić information content (AvgIpc) is 3.25. The number of nitrogens with one attached hydrogen (secondary N) is 2. The van der Waals surface area contributed by atoms with Crippen LogP contribution in [0.1, 0.15) is 48.0 Å². The molecule has 2 fully saturated rings. The van der Waals surface area contributed by atoms with Crippen molar-refractivity contribution in [3.05, 3.63) is 65.7 Å². The van der Waals surface area contributed by atoms with Crippen LogP contribution < -0.4 is 15.4 Å². The molecule has 3 heterocycles. The van der Waals surface area contributed by atoms with E-state index in [1.54, 1.807) is 6.07 Å². The molecule has 7 nitrogen and oxygen atoms in total. The number of para-hydroxylation sites is 1. The lowest BCUT2D eigenvalue weighted by molar-refractivity contribution is -0.127. The number of fused-ring (bicyclic) bond motifs is 5. The van der Waals surface area contributed by atoms with Gasteiger partial charge in [0.05, 0.1) is 30.4 Å². The van der Waals surface area contributed by atoms with E-state index in [1.807, 2.05) is 36.4 Å². The zero-order valence-corrected chi connectivity index (χ0v) is 19.4. The maximum Gasteiger partial charge on any atom is 0.255 e. The van der Waals surface area contributed by atoms with Crippen molar-refractivity contribution in [3.8, 4) is 5.75 Å². The number of amides is 2. The molecule has 2 aromatic carbocycles. The summed E-state index contributed by atoms with van der Waals surface area (Å²) in [5.41, 5.74) is 1.68. The molecule has 0 saturated carbocycles. The first kappa shape index (κ1) is 22.9. The van der Waals surface area contributed by atoms with E-state index in [-0.39, 0.29) is 36.1 Å². The first-order valence-electron chi connectivity index (χ1n) is 12.4. The Morgan fingerprint density at radius 2 is 1.74 bits per heavy atom. The number of ether oxygens (including phenoxy) is 2. The van der Waals surface area contributed by atoms with Gasteiger partial charge in [0.25, 0.3) is 5.91 Å². The van der Waals surface area contributed by atoms with Crippen LogP contribution in [0.25, 0.3) is 0 Å². The summed E-state index contributed by atoms with van der Waals surface area (Å²) in [7, 11) is 0. The third kappa shape index (κ3) is 5.42. The maximum atomic E-state index is 13.3. The molecule has 0 unspecified atom stereocenters. The topological polar surface area (TPSA) is 79.9 Å². The van der Waals surface area contributed by atoms with Crippen LogP contribution in [0.3, 0.4) is 0 Å². The Balaban J connectivity index is 1.38. The lowest BCUT2D eigenvalue weighted by Crippen LogP contribution is -2.46. The van der Waals surface area contributed by atoms with Gasteiger partial charge in [0.1, 0.15) is 5.75 Å². The second-order valence-electron chi connectivity index (χ2n) is 9.53. The number of carbonyl (C=O) groups is 2. The molecule has 0 radical (unpaired) electrons. The van der Waals surface area contributed by atoms with Crippen molar-refractivity contribution in [2.24, 2.45) is 0 Å². The van der Waals surface area contributed by atoms with Gasteiger partial charge < -0.3 is 20.1 Å². The minimum Gasteiger partial charge on any atom is -0.493 e. The predicted octanol–water partition coefficient (Wildman–Crippen LogP) is 2.90. The molecular weight excluding hydrogens is 430 g/mol. The van der Waals surface area contributed by atoms with Crippen LogP contribution in [0.15, 0.2) is 54.6 Å². The van der Waals surface area contributed by atoms with Crippen LogP contribution in [0.5, 0.6) is 5.75 Å². The van der Waals surface area contributed by atoms with Crippen LogP contribution in [-0.4, -0.2) is 60.7 Å². The molecule has 4 bridgehead atoms. The van der Waals surface area contributed by atoms with E-state index < -0.39 is 0 Å². The number of benzene rings is 2. The van der Waals surface area contributed by atoms with Crippen molar-refractivity contribution in [2.75, 3.05) is 19.7 Å². The lowest BCUT2D eigenvalue weighted by atomic mass is 10.0. The fraction of sp³-hybridized carbons (Fsp3) is 0.481. The van der Waals surface area contributed by atoms with Gasteiger partial charge in [0.15, 0.2) is 0 Å². The highest BCUT2D eigenvalue weighted by molar-refractivity contribution is 5.97. The first-order valence-corrected chi connectivity index (χ1v) is 12.4. The van der Waals surface area contributed by atoms with E-state index in [9.17, 15) is 9.59 Å². The SMILES string of the molecule is O=C1N[C@H]2C[C@@H](C(=O)NC[C@@H]3CCC[C@@H](CCOc4ccccc41)O3)N(Cc1ccccc1)C2. The summed E-state index contributed by atoms with van der Waals surface area (Å²) in [4.78, 5) is 28.6. The molecule has 0 aromatic heterocycles. The molecule has 3 aliphatic heterocycles. The number of nitrogens with zero attached hydrogens (tertiary/aromatic N) is 1. The Labute approximate surface area is 200 Å². The molecule has 2 aromatic rings. The third-order valence-corrected chi connectivity index (χ3v) is 7.04. The van der Waals surface area contributed by atoms with Gasteiger partial charge in [-0.05, 0) is 43.4 Å². The van der Waals surface area contributed by atoms with E-state index in [2.05, 4.69) is 27.7 Å². The Kier molecular flexibility index (Phi) is 7.11. The quantitative estimate of drug-likeness (QED) is 0.716. The van der Waals surface area contributed by atoms with E-state index in [0.717, 1.165) is 31.2 Å². The number of hydrogen-bond acceptors (Lipinski definition) is 5. The smallest absolute Gasteiger partial charge is 0.255 e. The monoisotopic (exact) mass is 463 g/mol. The van der Waals surface area contributed by atoms with Gasteiger partial charge in [-0.1, -0.05) is 42.5 Å². The van der Waals surface area contributed by atoms with Gasteiger partial charge in [0.2, 0.25) is 5.91 Å². The highest BCUT2D eigenvalue weighted by Gasteiger charge is 2.38. The fourth-order valence-electron chi connectivity index (χ4n) is 5.29. The first-order chi connectivity index (χ1) is 16.7. The van der Waals surface area contributed by atoms with Gasteiger partial charge in [-0.2, -0.15) is 0 Å². The normalized spacial score (nSPS) is 28.4. The molecule has 5 rings (SSSR count). The third-order valence-electron chi connectivity index (χ3n) is 7.04. The summed E-state index contributed by atoms with van der Waals surface area (Å²) >= 11 is 0. The van der Waals surface area contributed by atoms with Gasteiger partial charge in [-0.15, -0.1) is 0 Å². The molecule has 2 saturated heterocycles. The van der Waals surface area contributed by atoms with Crippen molar-refractivity contribution in [2.45, 2.75) is 62.9 Å². The number of rotatable bonds is 2. The summed E-state index contributed by atoms with van der Waals surface area (Å²) in [6, 6.07) is 17.1. The molecule has 0 aliphatic carbocycles. The molecule has 7 heteroatoms. The number of carbonyl (C=O) groups excluding carboxylic acids is 2. The van der Waals surface area contributed by atoms with Crippen molar-refractivity contribution >= 4 is 11.8 Å². The standard InChI is InChI=1S/C27H33N3O4/c31-26-23-11-4-5-12-25(23)33-14-13-21-9-6-10-22(34-21)16-28-27(32)24-15-20(29-26)18-30(24)17-19-7-2-1-3-8-19/h1-5,7-8,11-12,20-22,24H,6,9-10,13-18H2,(H,28,32)(H,29,31)/t20-,21-,22-,24-/m0/s1. The largest absolute Gasteiger partial charge is 0.493 e. The van der Waals surface area contributed by atoms with E-state index in [4.69, 9.17) is 9.47 Å². The van der Waals surface area contributed by atoms with Crippen LogP contribution >= 0.6 is 0 Å². The predicted molar refractivity (Wildman–Crippen MR) is 129 cm³/mol. The molecule has 0 spiro atoms. The molecule has 2 amide bonds. The molecule has 2 N–H and O–H groups in total. The van der Waals surface area contributed by atoms with Crippen molar-refractivity contribution < 1.29 is 19.1 Å². The maximum absolute atomic E-state index is 13.3. The Bertz CT molecular complexity index is 998. The summed E-state index contributed by atoms with van der Waals surface area (Å²) in [6.07, 6.45) is 4.49. The highest BCUT2D eigenvalue weighted by Crippen LogP contribution is 2.26. The lowest BCUT2D eigenvalue weighted by Gasteiger charge is -2.31. The molecule has 3 aliphatic rings. The highest BCUT2D eigenvalue weighted by atomic mass is 16.5. The van der Waals surface area contributed by atoms with E-state index in [1.165, 1.54) is 0 Å². The Hall–Kier alpha value is -2.90. The van der Waals surface area contributed by atoms with Crippen LogP contribution in [0, 0.1) is 0 Å². The van der Waals surface area contributed by atoms with Crippen LogP contribution in [0.4, 0.5) is 0 Å². The summed E-state index contributed by atoms with van der Waals surface area (Å²) in [5, 5.41) is 6.30. The molecule has 180 valence electrons. The zero-order valence-electron chi connectivity index (χ0n) is 19.4. The van der Waals surface area contributed by atoms with Gasteiger partial charge >= 0.3 is 0 Å². The second kappa shape index (κ2) is 10.6. The molecule has 34 heavy (non-hydrogen) atoms. The number of likely N-dealkylation sites (tertiary alicyclic amines) is 1. The summed E-state index contributed by atoms with van der Waals surface area (Å²) in [5.74, 6) is 0.435. The minimum atomic E-state index is -0.302. The van der Waals surface area contributed by atoms with Crippen molar-refractivity contribution in [1.29, 1.82) is 0 Å². The average molecular weight is 464 g/mol. The minimum absolute atomic E-state index is 0.00855. The molecular formula is C27H33N3O4. The Morgan fingerprint density at radius 1 is 0.941 bits per heavy atom. The van der Waals surface area contributed by atoms with E-state index in [0.29, 0.717) is 44.0 Å². The molecule has 4 atom stereocenters. The number of hydrogen-bond donors (Lipinski definition) is 2. The van der Waals surface area contributed by atoms with Crippen molar-refractivity contribution in [3.63, 3.8) is 0 Å². The summed E-state index contributed by atoms with van der Waals surface area (Å²) in [6.45, 7) is 2.28. The summed E-state index contributed by atoms with van der Waals surface area (Å²) < 4.78 is 12.3. The van der Waals surface area contributed by atoms with Gasteiger partial charge in [-0.3, -0.25) is 14.5 Å². The van der Waals surface area contributed by atoms with Gasteiger partial charge in [0, 0.05) is 32.1 Å². The van der Waals surface area contributed by atoms with Crippen LogP contribution in [0.2, 0.25) is 0 Å². The Morgan fingerprint density at radius 3 is 2.62 bits per heavy atom. The second-order valence-corrected chi connectivity index (χ2v) is 9.53. The zero-order chi connectivity index (χ0) is 23.3. The fourth-order valence-corrected chi connectivity index (χ4v) is 5.29.